The van der Waals surface area contributed by atoms with Crippen LogP contribution >= 0.6 is 0 Å². The molecule has 0 saturated carbocycles. The van der Waals surface area contributed by atoms with Crippen molar-refractivity contribution < 1.29 is 9.59 Å². The van der Waals surface area contributed by atoms with E-state index in [1.807, 2.05) is 68.2 Å². The Morgan fingerprint density at radius 2 is 1.93 bits per heavy atom. The second kappa shape index (κ2) is 10.6. The lowest BCUT2D eigenvalue weighted by atomic mass is 10.2. The zero-order valence-electron chi connectivity index (χ0n) is 18.5. The van der Waals surface area contributed by atoms with Crippen LogP contribution in [0.1, 0.15) is 13.8 Å². The minimum absolute atomic E-state index is 0.00111. The first-order chi connectivity index (χ1) is 14.3. The van der Waals surface area contributed by atoms with Crippen molar-refractivity contribution in [3.05, 3.63) is 49.2 Å². The van der Waals surface area contributed by atoms with Gasteiger partial charge in [0.1, 0.15) is 0 Å². The van der Waals surface area contributed by atoms with E-state index in [2.05, 4.69) is 21.8 Å². The Bertz CT molecular complexity index is 831. The molecule has 1 aliphatic rings. The van der Waals surface area contributed by atoms with Crippen molar-refractivity contribution in [3.63, 3.8) is 0 Å². The summed E-state index contributed by atoms with van der Waals surface area (Å²) in [5, 5.41) is 6.33. The van der Waals surface area contributed by atoms with Crippen molar-refractivity contribution in [2.45, 2.75) is 13.8 Å². The largest absolute Gasteiger partial charge is 0.321 e. The molecule has 0 saturated heterocycles. The van der Waals surface area contributed by atoms with Crippen LogP contribution in [-0.2, 0) is 9.59 Å². The molecule has 0 aromatic heterocycles. The van der Waals surface area contributed by atoms with E-state index in [0.29, 0.717) is 24.7 Å². The fourth-order valence-electron chi connectivity index (χ4n) is 3.00. The number of guanidine groups is 1. The van der Waals surface area contributed by atoms with Gasteiger partial charge in [0.25, 0.3) is 0 Å². The van der Waals surface area contributed by atoms with Crippen LogP contribution in [0.3, 0.4) is 0 Å². The zero-order valence-corrected chi connectivity index (χ0v) is 18.5. The molecule has 0 unspecified atom stereocenters. The molecule has 1 aromatic carbocycles. The molecule has 2 rings (SSSR count). The number of hydrazine groups is 1. The Hall–Kier alpha value is -3.13. The van der Waals surface area contributed by atoms with Crippen LogP contribution in [-0.4, -0.2) is 73.5 Å². The van der Waals surface area contributed by atoms with Crippen molar-refractivity contribution in [2.24, 2.45) is 10.9 Å². The van der Waals surface area contributed by atoms with E-state index in [4.69, 9.17) is 0 Å². The Morgan fingerprint density at radius 1 is 1.23 bits per heavy atom. The van der Waals surface area contributed by atoms with E-state index in [1.54, 1.807) is 18.3 Å². The monoisotopic (exact) mass is 412 g/mol. The number of rotatable bonds is 8. The molecule has 0 bridgehead atoms. The lowest BCUT2D eigenvalue weighted by Crippen LogP contribution is -2.56. The standard InChI is InChI=1S/C22H32N6O2/c1-7-20(29)24-18-11-8-9-12-19(18)27(16-15-25(4)5)22-23-13-10-14-28(22)26(6)21(30)17(2)3/h7-13,17H,1,14-16H2,2-6H3,(H,24,29). The van der Waals surface area contributed by atoms with Crippen molar-refractivity contribution in [1.82, 2.24) is 14.9 Å². The number of para-hydroxylation sites is 2. The summed E-state index contributed by atoms with van der Waals surface area (Å²) in [4.78, 5) is 33.4. The summed E-state index contributed by atoms with van der Waals surface area (Å²) in [7, 11) is 5.75. The molecule has 0 spiro atoms. The lowest BCUT2D eigenvalue weighted by molar-refractivity contribution is -0.143. The third-order valence-electron chi connectivity index (χ3n) is 4.63. The van der Waals surface area contributed by atoms with Gasteiger partial charge in [-0.2, -0.15) is 0 Å². The maximum atomic E-state index is 12.7. The fourth-order valence-corrected chi connectivity index (χ4v) is 3.00. The molecule has 8 heteroatoms. The van der Waals surface area contributed by atoms with Crippen LogP contribution in [0.4, 0.5) is 11.4 Å². The van der Waals surface area contributed by atoms with Crippen LogP contribution in [0, 0.1) is 5.92 Å². The van der Waals surface area contributed by atoms with Gasteiger partial charge in [-0.25, -0.2) is 10.0 Å². The Balaban J connectivity index is 2.49. The van der Waals surface area contributed by atoms with Crippen LogP contribution in [0.5, 0.6) is 0 Å². The summed E-state index contributed by atoms with van der Waals surface area (Å²) in [6.07, 6.45) is 4.89. The van der Waals surface area contributed by atoms with Crippen LogP contribution < -0.4 is 10.2 Å². The molecule has 0 radical (unpaired) electrons. The molecule has 0 aliphatic carbocycles. The highest BCUT2D eigenvalue weighted by molar-refractivity contribution is 6.05. The molecule has 1 aliphatic heterocycles. The van der Waals surface area contributed by atoms with Gasteiger partial charge in [0.05, 0.1) is 17.9 Å². The van der Waals surface area contributed by atoms with Gasteiger partial charge in [-0.05, 0) is 38.4 Å². The summed E-state index contributed by atoms with van der Waals surface area (Å²) >= 11 is 0. The smallest absolute Gasteiger partial charge is 0.247 e. The predicted octanol–water partition coefficient (Wildman–Crippen LogP) is 2.39. The average molecular weight is 413 g/mol. The normalized spacial score (nSPS) is 13.3. The first-order valence-electron chi connectivity index (χ1n) is 9.98. The number of carbonyl (C=O) groups is 2. The van der Waals surface area contributed by atoms with Crippen molar-refractivity contribution in [3.8, 4) is 0 Å². The summed E-state index contributed by atoms with van der Waals surface area (Å²) < 4.78 is 0. The van der Waals surface area contributed by atoms with Crippen molar-refractivity contribution >= 4 is 29.1 Å². The van der Waals surface area contributed by atoms with Gasteiger partial charge in [-0.3, -0.25) is 14.6 Å². The number of hydrogen-bond donors (Lipinski definition) is 1. The number of hydrogen-bond acceptors (Lipinski definition) is 6. The topological polar surface area (TPSA) is 71.5 Å². The van der Waals surface area contributed by atoms with Crippen LogP contribution in [0.2, 0.25) is 0 Å². The number of amides is 2. The molecule has 1 N–H and O–H groups in total. The number of likely N-dealkylation sites (N-methyl/N-ethyl adjacent to an activating group) is 1. The van der Waals surface area contributed by atoms with E-state index in [1.165, 1.54) is 6.08 Å². The molecular weight excluding hydrogens is 380 g/mol. The second-order valence-corrected chi connectivity index (χ2v) is 7.58. The van der Waals surface area contributed by atoms with Gasteiger partial charge >= 0.3 is 0 Å². The molecule has 1 heterocycles. The first kappa shape index (κ1) is 23.2. The highest BCUT2D eigenvalue weighted by atomic mass is 16.2. The number of nitrogens with zero attached hydrogens (tertiary/aromatic N) is 5. The zero-order chi connectivity index (χ0) is 22.3. The molecule has 30 heavy (non-hydrogen) atoms. The third-order valence-corrected chi connectivity index (χ3v) is 4.63. The maximum absolute atomic E-state index is 12.7. The average Bonchev–Trinajstić information content (AvgIpc) is 2.73. The van der Waals surface area contributed by atoms with Gasteiger partial charge in [-0.15, -0.1) is 0 Å². The quantitative estimate of drug-likeness (QED) is 0.664. The van der Waals surface area contributed by atoms with Gasteiger partial charge in [0.15, 0.2) is 0 Å². The Labute approximate surface area is 179 Å². The van der Waals surface area contributed by atoms with E-state index < -0.39 is 0 Å². The summed E-state index contributed by atoms with van der Waals surface area (Å²) in [6, 6.07) is 7.54. The third kappa shape index (κ3) is 5.70. The van der Waals surface area contributed by atoms with Gasteiger partial charge in [-0.1, -0.05) is 32.6 Å². The number of carbonyl (C=O) groups excluding carboxylic acids is 2. The summed E-state index contributed by atoms with van der Waals surface area (Å²) in [5.74, 6) is 0.191. The van der Waals surface area contributed by atoms with Crippen LogP contribution in [0.25, 0.3) is 0 Å². The number of anilines is 2. The van der Waals surface area contributed by atoms with Gasteiger partial charge < -0.3 is 15.1 Å². The molecule has 8 nitrogen and oxygen atoms in total. The van der Waals surface area contributed by atoms with E-state index in [-0.39, 0.29) is 17.7 Å². The lowest BCUT2D eigenvalue weighted by Gasteiger charge is -2.41. The maximum Gasteiger partial charge on any atom is 0.247 e. The fraction of sp³-hybridized carbons (Fsp3) is 0.409. The molecule has 162 valence electrons. The number of aliphatic imine (C=N–C) groups is 1. The molecule has 1 aromatic rings. The first-order valence-corrected chi connectivity index (χ1v) is 9.98. The number of benzene rings is 1. The number of nitrogens with one attached hydrogen (secondary N) is 1. The van der Waals surface area contributed by atoms with Crippen molar-refractivity contribution in [1.29, 1.82) is 0 Å². The SMILES string of the molecule is C=CC(=O)Nc1ccccc1N(CCN(C)C)C1=NC=CCN1N(C)C(=O)C(C)C. The van der Waals surface area contributed by atoms with E-state index in [9.17, 15) is 9.59 Å². The summed E-state index contributed by atoms with van der Waals surface area (Å²) in [6.45, 7) is 9.17. The minimum Gasteiger partial charge on any atom is -0.321 e. The second-order valence-electron chi connectivity index (χ2n) is 7.58. The summed E-state index contributed by atoms with van der Waals surface area (Å²) in [5.41, 5.74) is 1.44. The van der Waals surface area contributed by atoms with Gasteiger partial charge in [0.2, 0.25) is 17.8 Å². The van der Waals surface area contributed by atoms with Gasteiger partial charge in [0, 0.05) is 32.3 Å². The van der Waals surface area contributed by atoms with Crippen LogP contribution in [0.15, 0.2) is 54.2 Å². The Morgan fingerprint density at radius 3 is 2.57 bits per heavy atom. The highest BCUT2D eigenvalue weighted by Crippen LogP contribution is 2.28. The van der Waals surface area contributed by atoms with E-state index in [0.717, 1.165) is 12.2 Å². The molecular formula is C22H32N6O2. The molecule has 0 fully saturated rings. The minimum atomic E-state index is -0.288. The Kier molecular flexibility index (Phi) is 8.17. The van der Waals surface area contributed by atoms with E-state index >= 15 is 0 Å². The molecule has 2 amide bonds. The highest BCUT2D eigenvalue weighted by Gasteiger charge is 2.29. The molecule has 0 atom stereocenters. The predicted molar refractivity (Wildman–Crippen MR) is 122 cm³/mol. The van der Waals surface area contributed by atoms with Crippen molar-refractivity contribution in [2.75, 3.05) is 51.0 Å².